The summed E-state index contributed by atoms with van der Waals surface area (Å²) in [4.78, 5) is -0.117. The van der Waals surface area contributed by atoms with Crippen molar-refractivity contribution in [2.24, 2.45) is 0 Å². The summed E-state index contributed by atoms with van der Waals surface area (Å²) in [7, 11) is -4.18. The molecule has 162 valence electrons. The zero-order chi connectivity index (χ0) is 20.7. The van der Waals surface area contributed by atoms with Crippen molar-refractivity contribution in [2.75, 3.05) is 6.61 Å². The SMILES string of the molecule is CCCCCCCCCCCCCCCCOc1cc(S(=O)(=O)O)ccc1C. The van der Waals surface area contributed by atoms with Crippen LogP contribution in [0.3, 0.4) is 0 Å². The van der Waals surface area contributed by atoms with Crippen molar-refractivity contribution < 1.29 is 17.7 Å². The Morgan fingerprint density at radius 1 is 0.786 bits per heavy atom. The third-order valence-electron chi connectivity index (χ3n) is 5.21. The molecule has 0 aliphatic rings. The van der Waals surface area contributed by atoms with Crippen LogP contribution in [0.1, 0.15) is 102 Å². The number of rotatable bonds is 17. The van der Waals surface area contributed by atoms with Gasteiger partial charge < -0.3 is 4.74 Å². The molecule has 0 aliphatic heterocycles. The maximum Gasteiger partial charge on any atom is 0.294 e. The maximum absolute atomic E-state index is 11.2. The summed E-state index contributed by atoms with van der Waals surface area (Å²) in [6.45, 7) is 4.71. The molecule has 0 spiro atoms. The molecule has 1 aromatic rings. The largest absolute Gasteiger partial charge is 0.493 e. The van der Waals surface area contributed by atoms with Gasteiger partial charge in [0.25, 0.3) is 10.1 Å². The van der Waals surface area contributed by atoms with E-state index < -0.39 is 10.1 Å². The molecule has 1 N–H and O–H groups in total. The lowest BCUT2D eigenvalue weighted by atomic mass is 10.0. The molecule has 0 radical (unpaired) electrons. The Morgan fingerprint density at radius 2 is 1.25 bits per heavy atom. The molecule has 28 heavy (non-hydrogen) atoms. The molecular weight excluding hydrogens is 372 g/mol. The first kappa shape index (κ1) is 25.0. The molecular formula is C23H40O4S. The molecule has 5 heteroatoms. The van der Waals surface area contributed by atoms with E-state index in [0.29, 0.717) is 12.4 Å². The molecule has 0 aromatic heterocycles. The summed E-state index contributed by atoms with van der Waals surface area (Å²) in [6.07, 6.45) is 18.4. The summed E-state index contributed by atoms with van der Waals surface area (Å²) in [5, 5.41) is 0. The maximum atomic E-state index is 11.2. The highest BCUT2D eigenvalue weighted by molar-refractivity contribution is 7.85. The van der Waals surface area contributed by atoms with Crippen LogP contribution in [0.2, 0.25) is 0 Å². The van der Waals surface area contributed by atoms with Gasteiger partial charge in [-0.05, 0) is 25.0 Å². The highest BCUT2D eigenvalue weighted by Gasteiger charge is 2.12. The number of ether oxygens (including phenoxy) is 1. The van der Waals surface area contributed by atoms with E-state index in [4.69, 9.17) is 9.29 Å². The van der Waals surface area contributed by atoms with Crippen molar-refractivity contribution in [3.8, 4) is 5.75 Å². The van der Waals surface area contributed by atoms with Gasteiger partial charge in [0.2, 0.25) is 0 Å². The number of hydrogen-bond donors (Lipinski definition) is 1. The topological polar surface area (TPSA) is 63.6 Å². The quantitative estimate of drug-likeness (QED) is 0.219. The lowest BCUT2D eigenvalue weighted by molar-refractivity contribution is 0.301. The van der Waals surface area contributed by atoms with Gasteiger partial charge in [0.1, 0.15) is 5.75 Å². The minimum Gasteiger partial charge on any atom is -0.493 e. The van der Waals surface area contributed by atoms with Crippen LogP contribution in [-0.4, -0.2) is 19.6 Å². The van der Waals surface area contributed by atoms with E-state index in [-0.39, 0.29) is 4.90 Å². The van der Waals surface area contributed by atoms with Crippen LogP contribution in [0.15, 0.2) is 23.1 Å². The van der Waals surface area contributed by atoms with Gasteiger partial charge in [0, 0.05) is 6.07 Å². The molecule has 0 fully saturated rings. The van der Waals surface area contributed by atoms with Crippen LogP contribution >= 0.6 is 0 Å². The molecule has 0 bridgehead atoms. The van der Waals surface area contributed by atoms with Gasteiger partial charge in [-0.2, -0.15) is 8.42 Å². The van der Waals surface area contributed by atoms with Crippen LogP contribution in [-0.2, 0) is 10.1 Å². The Balaban J connectivity index is 1.98. The van der Waals surface area contributed by atoms with E-state index in [1.165, 1.54) is 89.2 Å². The van der Waals surface area contributed by atoms with E-state index in [2.05, 4.69) is 6.92 Å². The number of aryl methyl sites for hydroxylation is 1. The second-order valence-electron chi connectivity index (χ2n) is 7.85. The van der Waals surface area contributed by atoms with Gasteiger partial charge >= 0.3 is 0 Å². The van der Waals surface area contributed by atoms with Crippen LogP contribution in [0.5, 0.6) is 5.75 Å². The second-order valence-corrected chi connectivity index (χ2v) is 9.27. The first-order chi connectivity index (χ1) is 13.4. The van der Waals surface area contributed by atoms with Gasteiger partial charge in [0.05, 0.1) is 11.5 Å². The fourth-order valence-electron chi connectivity index (χ4n) is 3.38. The lowest BCUT2D eigenvalue weighted by Gasteiger charge is -2.10. The van der Waals surface area contributed by atoms with E-state index >= 15 is 0 Å². The first-order valence-electron chi connectivity index (χ1n) is 11.2. The fourth-order valence-corrected chi connectivity index (χ4v) is 3.87. The predicted molar refractivity (Wildman–Crippen MR) is 117 cm³/mol. The Kier molecular flexibility index (Phi) is 13.3. The van der Waals surface area contributed by atoms with Crippen molar-refractivity contribution in [3.63, 3.8) is 0 Å². The Morgan fingerprint density at radius 3 is 1.71 bits per heavy atom. The summed E-state index contributed by atoms with van der Waals surface area (Å²) < 4.78 is 37.2. The summed E-state index contributed by atoms with van der Waals surface area (Å²) in [5.74, 6) is 0.532. The van der Waals surface area contributed by atoms with Gasteiger partial charge in [-0.3, -0.25) is 4.55 Å². The highest BCUT2D eigenvalue weighted by Crippen LogP contribution is 2.22. The van der Waals surface area contributed by atoms with E-state index in [0.717, 1.165) is 18.4 Å². The number of benzene rings is 1. The zero-order valence-electron chi connectivity index (χ0n) is 17.9. The highest BCUT2D eigenvalue weighted by atomic mass is 32.2. The molecule has 4 nitrogen and oxygen atoms in total. The predicted octanol–water partition coefficient (Wildman–Crippen LogP) is 7.10. The Labute approximate surface area is 172 Å². The van der Waals surface area contributed by atoms with E-state index in [9.17, 15) is 8.42 Å². The summed E-state index contributed by atoms with van der Waals surface area (Å²) in [5.41, 5.74) is 0.873. The van der Waals surface area contributed by atoms with Crippen molar-refractivity contribution in [2.45, 2.75) is 109 Å². The second kappa shape index (κ2) is 14.9. The summed E-state index contributed by atoms with van der Waals surface area (Å²) >= 11 is 0. The Hall–Kier alpha value is -1.07. The van der Waals surface area contributed by atoms with E-state index in [1.54, 1.807) is 6.07 Å². The number of unbranched alkanes of at least 4 members (excludes halogenated alkanes) is 13. The van der Waals surface area contributed by atoms with Crippen molar-refractivity contribution in [1.29, 1.82) is 0 Å². The molecule has 0 saturated carbocycles. The van der Waals surface area contributed by atoms with Crippen molar-refractivity contribution >= 4 is 10.1 Å². The molecule has 0 saturated heterocycles. The molecule has 0 aliphatic carbocycles. The number of hydrogen-bond acceptors (Lipinski definition) is 3. The summed E-state index contributed by atoms with van der Waals surface area (Å²) in [6, 6.07) is 4.45. The fraction of sp³-hybridized carbons (Fsp3) is 0.739. The van der Waals surface area contributed by atoms with Gasteiger partial charge in [-0.1, -0.05) is 96.5 Å². The molecule has 1 aromatic carbocycles. The van der Waals surface area contributed by atoms with Crippen LogP contribution in [0, 0.1) is 6.92 Å². The standard InChI is InChI=1S/C23H40O4S/c1-3-4-5-6-7-8-9-10-11-12-13-14-15-16-19-27-23-20-22(28(24,25)26)18-17-21(23)2/h17-18,20H,3-16,19H2,1-2H3,(H,24,25,26). The Bertz CT molecular complexity index is 625. The minimum atomic E-state index is -4.18. The lowest BCUT2D eigenvalue weighted by Crippen LogP contribution is -2.02. The molecule has 0 unspecified atom stereocenters. The van der Waals surface area contributed by atoms with Crippen LogP contribution in [0.25, 0.3) is 0 Å². The van der Waals surface area contributed by atoms with Crippen molar-refractivity contribution in [1.82, 2.24) is 0 Å². The van der Waals surface area contributed by atoms with Crippen LogP contribution < -0.4 is 4.74 Å². The normalized spacial score (nSPS) is 11.7. The first-order valence-corrected chi connectivity index (χ1v) is 12.6. The van der Waals surface area contributed by atoms with Crippen molar-refractivity contribution in [3.05, 3.63) is 23.8 Å². The third kappa shape index (κ3) is 11.7. The molecule has 0 atom stereocenters. The van der Waals surface area contributed by atoms with Gasteiger partial charge in [-0.15, -0.1) is 0 Å². The van der Waals surface area contributed by atoms with Gasteiger partial charge in [0.15, 0.2) is 0 Å². The third-order valence-corrected chi connectivity index (χ3v) is 6.06. The minimum absolute atomic E-state index is 0.117. The monoisotopic (exact) mass is 412 g/mol. The average Bonchev–Trinajstić information content (AvgIpc) is 2.65. The zero-order valence-corrected chi connectivity index (χ0v) is 18.7. The molecule has 0 heterocycles. The van der Waals surface area contributed by atoms with E-state index in [1.807, 2.05) is 6.92 Å². The molecule has 0 amide bonds. The average molecular weight is 413 g/mol. The van der Waals surface area contributed by atoms with Crippen LogP contribution in [0.4, 0.5) is 0 Å². The smallest absolute Gasteiger partial charge is 0.294 e. The van der Waals surface area contributed by atoms with Gasteiger partial charge in [-0.25, -0.2) is 0 Å². The molecule has 1 rings (SSSR count).